The first-order valence-corrected chi connectivity index (χ1v) is 8.77. The Kier molecular flexibility index (Phi) is 5.56. The maximum Gasteiger partial charge on any atom is 0.416 e. The van der Waals surface area contributed by atoms with Gasteiger partial charge in [0.25, 0.3) is 5.91 Å². The van der Waals surface area contributed by atoms with Crippen LogP contribution in [-0.4, -0.2) is 38.6 Å². The van der Waals surface area contributed by atoms with E-state index in [0.29, 0.717) is 17.0 Å². The van der Waals surface area contributed by atoms with Crippen molar-refractivity contribution >= 4 is 16.9 Å². The number of hydrogen-bond acceptors (Lipinski definition) is 5. The molecule has 0 saturated carbocycles. The van der Waals surface area contributed by atoms with Gasteiger partial charge < -0.3 is 14.6 Å². The summed E-state index contributed by atoms with van der Waals surface area (Å²) < 4.78 is 46.1. The van der Waals surface area contributed by atoms with Crippen LogP contribution < -0.4 is 5.32 Å². The van der Waals surface area contributed by atoms with Crippen LogP contribution in [0.2, 0.25) is 0 Å². The summed E-state index contributed by atoms with van der Waals surface area (Å²) in [7, 11) is 3.14. The quantitative estimate of drug-likeness (QED) is 0.703. The van der Waals surface area contributed by atoms with Crippen molar-refractivity contribution in [1.29, 1.82) is 0 Å². The minimum Gasteiger partial charge on any atom is -0.379 e. The molecule has 1 N–H and O–H groups in total. The monoisotopic (exact) mass is 407 g/mol. The second-order valence-corrected chi connectivity index (χ2v) is 6.67. The van der Waals surface area contributed by atoms with Crippen LogP contribution in [0.4, 0.5) is 13.2 Å². The maximum atomic E-state index is 13.0. The first kappa shape index (κ1) is 20.7. The number of alkyl halides is 3. The van der Waals surface area contributed by atoms with Crippen molar-refractivity contribution in [1.82, 2.24) is 24.8 Å². The van der Waals surface area contributed by atoms with Gasteiger partial charge in [-0.1, -0.05) is 0 Å². The summed E-state index contributed by atoms with van der Waals surface area (Å²) in [5.74, 6) is -0.128. The molecule has 0 radical (unpaired) electrons. The molecule has 3 aromatic rings. The van der Waals surface area contributed by atoms with Crippen LogP contribution in [0.25, 0.3) is 11.0 Å². The van der Waals surface area contributed by atoms with Crippen LogP contribution in [0.1, 0.15) is 40.5 Å². The van der Waals surface area contributed by atoms with Gasteiger partial charge in [-0.25, -0.2) is 9.97 Å². The van der Waals surface area contributed by atoms with E-state index in [9.17, 15) is 18.0 Å². The smallest absolute Gasteiger partial charge is 0.379 e. The normalized spacial score (nSPS) is 14.0. The molecule has 10 heteroatoms. The van der Waals surface area contributed by atoms with Crippen LogP contribution in [0.3, 0.4) is 0 Å². The van der Waals surface area contributed by atoms with Gasteiger partial charge in [0, 0.05) is 20.4 Å². The van der Waals surface area contributed by atoms with Crippen molar-refractivity contribution < 1.29 is 22.7 Å². The largest absolute Gasteiger partial charge is 0.416 e. The predicted octanol–water partition coefficient (Wildman–Crippen LogP) is 3.20. The zero-order valence-electron chi connectivity index (χ0n) is 16.3. The van der Waals surface area contributed by atoms with E-state index >= 15 is 0 Å². The number of carbonyl (C=O) groups is 1. The number of carbonyl (C=O) groups excluding carboxylic acids is 1. The van der Waals surface area contributed by atoms with Gasteiger partial charge in [-0.15, -0.1) is 0 Å². The summed E-state index contributed by atoms with van der Waals surface area (Å²) >= 11 is 0. The maximum absolute atomic E-state index is 13.0. The molecule has 154 valence electrons. The molecule has 0 fully saturated rings. The number of imidazole rings is 1. The lowest BCUT2D eigenvalue weighted by molar-refractivity contribution is -0.137. The fourth-order valence-corrected chi connectivity index (χ4v) is 2.93. The molecule has 0 aliphatic rings. The molecule has 7 nitrogen and oxygen atoms in total. The SMILES string of the molecule is CO[C@H](C)[C@H](NC(=O)c1cnc(C)cn1)c1nc2cc(C(F)(F)F)ccc2n1C. The van der Waals surface area contributed by atoms with E-state index in [4.69, 9.17) is 4.74 Å². The second-order valence-electron chi connectivity index (χ2n) is 6.67. The summed E-state index contributed by atoms with van der Waals surface area (Å²) in [5, 5.41) is 2.79. The number of nitrogens with zero attached hydrogens (tertiary/aromatic N) is 4. The van der Waals surface area contributed by atoms with E-state index in [1.54, 1.807) is 25.5 Å². The topological polar surface area (TPSA) is 81.9 Å². The highest BCUT2D eigenvalue weighted by Gasteiger charge is 2.32. The fraction of sp³-hybridized carbons (Fsp3) is 0.368. The van der Waals surface area contributed by atoms with E-state index in [1.165, 1.54) is 25.6 Å². The van der Waals surface area contributed by atoms with Gasteiger partial charge in [-0.2, -0.15) is 13.2 Å². The highest BCUT2D eigenvalue weighted by atomic mass is 19.4. The third kappa shape index (κ3) is 4.21. The van der Waals surface area contributed by atoms with E-state index in [-0.39, 0.29) is 11.2 Å². The number of amides is 1. The van der Waals surface area contributed by atoms with Crippen molar-refractivity contribution in [3.63, 3.8) is 0 Å². The van der Waals surface area contributed by atoms with Gasteiger partial charge in [0.05, 0.1) is 34.6 Å². The first-order chi connectivity index (χ1) is 13.6. The average molecular weight is 407 g/mol. The molecule has 0 spiro atoms. The lowest BCUT2D eigenvalue weighted by Gasteiger charge is -2.23. The Balaban J connectivity index is 2.00. The Morgan fingerprint density at radius 3 is 2.55 bits per heavy atom. The molecule has 0 saturated heterocycles. The molecule has 2 aromatic heterocycles. The molecule has 1 aromatic carbocycles. The zero-order chi connectivity index (χ0) is 21.3. The predicted molar refractivity (Wildman–Crippen MR) is 99.2 cm³/mol. The number of ether oxygens (including phenoxy) is 1. The van der Waals surface area contributed by atoms with Crippen LogP contribution in [0.5, 0.6) is 0 Å². The summed E-state index contributed by atoms with van der Waals surface area (Å²) in [5.41, 5.74) is 0.673. The Hall–Kier alpha value is -3.01. The number of halogens is 3. The number of fused-ring (bicyclic) bond motifs is 1. The first-order valence-electron chi connectivity index (χ1n) is 8.77. The van der Waals surface area contributed by atoms with Crippen molar-refractivity contribution in [3.05, 3.63) is 53.4 Å². The highest BCUT2D eigenvalue weighted by molar-refractivity contribution is 5.92. The van der Waals surface area contributed by atoms with Crippen LogP contribution in [-0.2, 0) is 18.0 Å². The minimum absolute atomic E-state index is 0.113. The summed E-state index contributed by atoms with van der Waals surface area (Å²) in [4.78, 5) is 25.1. The van der Waals surface area contributed by atoms with Crippen molar-refractivity contribution in [3.8, 4) is 0 Å². The molecule has 0 bridgehead atoms. The highest BCUT2D eigenvalue weighted by Crippen LogP contribution is 2.32. The molecule has 0 aliphatic carbocycles. The number of benzene rings is 1. The molecule has 0 unspecified atom stereocenters. The fourth-order valence-electron chi connectivity index (χ4n) is 2.93. The third-order valence-electron chi connectivity index (χ3n) is 4.66. The Bertz CT molecular complexity index is 1030. The summed E-state index contributed by atoms with van der Waals surface area (Å²) in [6, 6.07) is 2.63. The Morgan fingerprint density at radius 2 is 1.97 bits per heavy atom. The third-order valence-corrected chi connectivity index (χ3v) is 4.66. The molecular weight excluding hydrogens is 387 g/mol. The minimum atomic E-state index is -4.47. The lowest BCUT2D eigenvalue weighted by Crippen LogP contribution is -2.37. The van der Waals surface area contributed by atoms with Gasteiger partial charge in [0.15, 0.2) is 0 Å². The summed E-state index contributed by atoms with van der Waals surface area (Å²) in [6.07, 6.45) is -2.15. The van der Waals surface area contributed by atoms with Gasteiger partial charge >= 0.3 is 6.18 Å². The number of aromatic nitrogens is 4. The summed E-state index contributed by atoms with van der Waals surface area (Å²) in [6.45, 7) is 3.48. The molecule has 2 heterocycles. The number of methoxy groups -OCH3 is 1. The average Bonchev–Trinajstić information content (AvgIpc) is 3.01. The van der Waals surface area contributed by atoms with Gasteiger partial charge in [-0.3, -0.25) is 9.78 Å². The second kappa shape index (κ2) is 7.78. The van der Waals surface area contributed by atoms with Crippen molar-refractivity contribution in [2.45, 2.75) is 32.2 Å². The standard InChI is InChI=1S/C19H20F3N5O2/c1-10-8-24-14(9-23-10)18(28)26-16(11(2)29-4)17-25-13-7-12(19(20,21)22)5-6-15(13)27(17)3/h5-9,11,16H,1-4H3,(H,26,28)/t11-,16+/m1/s1. The van der Waals surface area contributed by atoms with Crippen molar-refractivity contribution in [2.24, 2.45) is 7.05 Å². The van der Waals surface area contributed by atoms with E-state index in [1.807, 2.05) is 0 Å². The molecule has 29 heavy (non-hydrogen) atoms. The Labute approximate surface area is 164 Å². The molecule has 1 amide bonds. The molecule has 3 rings (SSSR count). The number of aryl methyl sites for hydroxylation is 2. The van der Waals surface area contributed by atoms with E-state index in [2.05, 4.69) is 20.3 Å². The van der Waals surface area contributed by atoms with Crippen LogP contribution in [0, 0.1) is 6.92 Å². The van der Waals surface area contributed by atoms with Crippen LogP contribution >= 0.6 is 0 Å². The van der Waals surface area contributed by atoms with E-state index < -0.39 is 29.8 Å². The van der Waals surface area contributed by atoms with Gasteiger partial charge in [-0.05, 0) is 32.0 Å². The Morgan fingerprint density at radius 1 is 1.24 bits per heavy atom. The molecule has 0 aliphatic heterocycles. The van der Waals surface area contributed by atoms with E-state index in [0.717, 1.165) is 12.1 Å². The number of hydrogen-bond donors (Lipinski definition) is 1. The lowest BCUT2D eigenvalue weighted by atomic mass is 10.1. The van der Waals surface area contributed by atoms with Crippen LogP contribution in [0.15, 0.2) is 30.6 Å². The molecular formula is C19H20F3N5O2. The van der Waals surface area contributed by atoms with Gasteiger partial charge in [0.2, 0.25) is 0 Å². The zero-order valence-corrected chi connectivity index (χ0v) is 16.3. The number of nitrogens with one attached hydrogen (secondary N) is 1. The number of rotatable bonds is 5. The van der Waals surface area contributed by atoms with Gasteiger partial charge in [0.1, 0.15) is 17.6 Å². The molecule has 2 atom stereocenters. The van der Waals surface area contributed by atoms with Crippen molar-refractivity contribution in [2.75, 3.05) is 7.11 Å².